The quantitative estimate of drug-likeness (QED) is 0.892. The molecule has 2 aromatic rings. The van der Waals surface area contributed by atoms with E-state index in [1.54, 1.807) is 19.3 Å². The van der Waals surface area contributed by atoms with Gasteiger partial charge in [-0.1, -0.05) is 12.1 Å². The summed E-state index contributed by atoms with van der Waals surface area (Å²) in [6, 6.07) is 9.67. The number of rotatable bonds is 5. The molecule has 0 saturated carbocycles. The normalized spacial score (nSPS) is 12.2. The minimum Gasteiger partial charge on any atom is -0.389 e. The van der Waals surface area contributed by atoms with Gasteiger partial charge in [0.15, 0.2) is 0 Å². The van der Waals surface area contributed by atoms with Gasteiger partial charge in [-0.3, -0.25) is 4.98 Å². The molecule has 1 N–H and O–H groups in total. The minimum absolute atomic E-state index is 0.513. The average molecular weight is 257 g/mol. The summed E-state index contributed by atoms with van der Waals surface area (Å²) in [4.78, 5) is 10.7. The lowest BCUT2D eigenvalue weighted by molar-refractivity contribution is 0.199. The fraction of sp³-hybridized carbons (Fsp3) is 0.333. The zero-order chi connectivity index (χ0) is 13.7. The predicted molar refractivity (Wildman–Crippen MR) is 76.1 cm³/mol. The summed E-state index contributed by atoms with van der Waals surface area (Å²) in [5.74, 6) is 0.827. The molecule has 0 saturated heterocycles. The molecule has 100 valence electrons. The summed E-state index contributed by atoms with van der Waals surface area (Å²) in [7, 11) is 1.98. The molecule has 2 aromatic heterocycles. The Morgan fingerprint density at radius 3 is 2.63 bits per heavy atom. The van der Waals surface area contributed by atoms with E-state index in [9.17, 15) is 5.11 Å². The van der Waals surface area contributed by atoms with Crippen LogP contribution in [0.1, 0.15) is 24.3 Å². The maximum atomic E-state index is 9.76. The van der Waals surface area contributed by atoms with Gasteiger partial charge in [0.1, 0.15) is 5.82 Å². The van der Waals surface area contributed by atoms with Crippen molar-refractivity contribution in [3.63, 3.8) is 0 Å². The highest BCUT2D eigenvalue weighted by atomic mass is 16.3. The maximum Gasteiger partial charge on any atom is 0.134 e. The van der Waals surface area contributed by atoms with Crippen LogP contribution in [0.2, 0.25) is 0 Å². The first-order valence-electron chi connectivity index (χ1n) is 6.42. The second kappa shape index (κ2) is 6.29. The molecule has 4 nitrogen and oxygen atoms in total. The molecule has 0 bridgehead atoms. The van der Waals surface area contributed by atoms with Gasteiger partial charge >= 0.3 is 0 Å². The third-order valence-electron chi connectivity index (χ3n) is 3.06. The van der Waals surface area contributed by atoms with Crippen LogP contribution in [0.15, 0.2) is 42.7 Å². The lowest BCUT2D eigenvalue weighted by atomic mass is 10.1. The molecule has 1 atom stereocenters. The van der Waals surface area contributed by atoms with Crippen molar-refractivity contribution >= 4 is 5.82 Å². The summed E-state index contributed by atoms with van der Waals surface area (Å²) in [6.45, 7) is 2.57. The molecule has 0 unspecified atom stereocenters. The van der Waals surface area contributed by atoms with Crippen LogP contribution in [0.3, 0.4) is 0 Å². The van der Waals surface area contributed by atoms with Crippen LogP contribution in [-0.2, 0) is 6.42 Å². The fourth-order valence-corrected chi connectivity index (χ4v) is 1.99. The molecule has 0 aromatic carbocycles. The predicted octanol–water partition coefficient (Wildman–Crippen LogP) is 2.21. The summed E-state index contributed by atoms with van der Waals surface area (Å²) in [5.41, 5.74) is 1.91. The van der Waals surface area contributed by atoms with Crippen molar-refractivity contribution in [2.45, 2.75) is 19.4 Å². The van der Waals surface area contributed by atoms with E-state index in [4.69, 9.17) is 0 Å². The van der Waals surface area contributed by atoms with Gasteiger partial charge in [0.05, 0.1) is 6.10 Å². The number of aliphatic hydroxyl groups excluding tert-OH is 1. The number of pyridine rings is 2. The fourth-order valence-electron chi connectivity index (χ4n) is 1.99. The SMILES string of the molecule is C[C@H](O)c1cccnc1N(C)CCc1ccccn1. The molecule has 4 heteroatoms. The number of aliphatic hydroxyl groups is 1. The standard InChI is InChI=1S/C15H19N3O/c1-12(19)14-7-5-10-17-15(14)18(2)11-8-13-6-3-4-9-16-13/h3-7,9-10,12,19H,8,11H2,1-2H3/t12-/m0/s1. The number of nitrogens with zero attached hydrogens (tertiary/aromatic N) is 3. The van der Waals surface area contributed by atoms with Crippen molar-refractivity contribution in [2.75, 3.05) is 18.5 Å². The number of hydrogen-bond acceptors (Lipinski definition) is 4. The summed E-state index contributed by atoms with van der Waals surface area (Å²) >= 11 is 0. The third-order valence-corrected chi connectivity index (χ3v) is 3.06. The van der Waals surface area contributed by atoms with E-state index in [-0.39, 0.29) is 0 Å². The molecular formula is C15H19N3O. The number of anilines is 1. The van der Waals surface area contributed by atoms with Crippen LogP contribution in [-0.4, -0.2) is 28.7 Å². The Hall–Kier alpha value is -1.94. The largest absolute Gasteiger partial charge is 0.389 e. The zero-order valence-corrected chi connectivity index (χ0v) is 11.3. The highest BCUT2D eigenvalue weighted by molar-refractivity contribution is 5.47. The Kier molecular flexibility index (Phi) is 4.47. The Morgan fingerprint density at radius 2 is 1.95 bits per heavy atom. The molecule has 0 aliphatic carbocycles. The van der Waals surface area contributed by atoms with E-state index < -0.39 is 6.10 Å². The average Bonchev–Trinajstić information content (AvgIpc) is 2.46. The van der Waals surface area contributed by atoms with E-state index >= 15 is 0 Å². The van der Waals surface area contributed by atoms with Crippen LogP contribution >= 0.6 is 0 Å². The van der Waals surface area contributed by atoms with E-state index in [1.165, 1.54) is 0 Å². The summed E-state index contributed by atoms with van der Waals surface area (Å²) in [6.07, 6.45) is 3.89. The van der Waals surface area contributed by atoms with Gasteiger partial charge in [0.25, 0.3) is 0 Å². The minimum atomic E-state index is -0.513. The molecule has 0 aliphatic rings. The zero-order valence-electron chi connectivity index (χ0n) is 11.3. The van der Waals surface area contributed by atoms with Gasteiger partial charge in [0.2, 0.25) is 0 Å². The monoisotopic (exact) mass is 257 g/mol. The Balaban J connectivity index is 2.06. The number of aromatic nitrogens is 2. The second-order valence-corrected chi connectivity index (χ2v) is 4.58. The van der Waals surface area contributed by atoms with Gasteiger partial charge in [-0.15, -0.1) is 0 Å². The second-order valence-electron chi connectivity index (χ2n) is 4.58. The lowest BCUT2D eigenvalue weighted by Crippen LogP contribution is -2.23. The van der Waals surface area contributed by atoms with Crippen LogP contribution in [0.5, 0.6) is 0 Å². The highest BCUT2D eigenvalue weighted by Gasteiger charge is 2.12. The van der Waals surface area contributed by atoms with E-state index in [0.717, 1.165) is 30.0 Å². The van der Waals surface area contributed by atoms with Crippen LogP contribution in [0.4, 0.5) is 5.82 Å². The van der Waals surface area contributed by atoms with E-state index in [0.29, 0.717) is 0 Å². The molecular weight excluding hydrogens is 238 g/mol. The third kappa shape index (κ3) is 3.51. The Labute approximate surface area is 113 Å². The topological polar surface area (TPSA) is 49.3 Å². The molecule has 0 radical (unpaired) electrons. The lowest BCUT2D eigenvalue weighted by Gasteiger charge is -2.22. The van der Waals surface area contributed by atoms with Crippen LogP contribution < -0.4 is 4.90 Å². The smallest absolute Gasteiger partial charge is 0.134 e. The van der Waals surface area contributed by atoms with Crippen molar-refractivity contribution in [2.24, 2.45) is 0 Å². The molecule has 0 amide bonds. The van der Waals surface area contributed by atoms with Crippen molar-refractivity contribution in [1.82, 2.24) is 9.97 Å². The van der Waals surface area contributed by atoms with Gasteiger partial charge in [-0.05, 0) is 25.1 Å². The van der Waals surface area contributed by atoms with E-state index in [2.05, 4.69) is 14.9 Å². The first-order chi connectivity index (χ1) is 9.18. The molecule has 0 spiro atoms. The number of hydrogen-bond donors (Lipinski definition) is 1. The molecule has 0 aliphatic heterocycles. The van der Waals surface area contributed by atoms with Crippen molar-refractivity contribution in [3.05, 3.63) is 54.0 Å². The van der Waals surface area contributed by atoms with Crippen LogP contribution in [0.25, 0.3) is 0 Å². The first kappa shape index (κ1) is 13.5. The van der Waals surface area contributed by atoms with Gasteiger partial charge in [-0.25, -0.2) is 4.98 Å². The van der Waals surface area contributed by atoms with Gasteiger partial charge in [0, 0.05) is 43.7 Å². The maximum absolute atomic E-state index is 9.76. The summed E-state index contributed by atoms with van der Waals surface area (Å²) < 4.78 is 0. The number of likely N-dealkylation sites (N-methyl/N-ethyl adjacent to an activating group) is 1. The molecule has 2 heterocycles. The van der Waals surface area contributed by atoms with Gasteiger partial charge in [-0.2, -0.15) is 0 Å². The van der Waals surface area contributed by atoms with Crippen molar-refractivity contribution in [1.29, 1.82) is 0 Å². The summed E-state index contributed by atoms with van der Waals surface area (Å²) in [5, 5.41) is 9.76. The molecule has 19 heavy (non-hydrogen) atoms. The van der Waals surface area contributed by atoms with Crippen molar-refractivity contribution in [3.8, 4) is 0 Å². The van der Waals surface area contributed by atoms with E-state index in [1.807, 2.05) is 37.4 Å². The van der Waals surface area contributed by atoms with Crippen molar-refractivity contribution < 1.29 is 5.11 Å². The van der Waals surface area contributed by atoms with Crippen LogP contribution in [0, 0.1) is 0 Å². The first-order valence-corrected chi connectivity index (χ1v) is 6.42. The highest BCUT2D eigenvalue weighted by Crippen LogP contribution is 2.22. The molecule has 2 rings (SSSR count). The Bertz CT molecular complexity index is 514. The van der Waals surface area contributed by atoms with Gasteiger partial charge < -0.3 is 10.0 Å². The Morgan fingerprint density at radius 1 is 1.16 bits per heavy atom. The molecule has 0 fully saturated rings.